The van der Waals surface area contributed by atoms with E-state index in [0.29, 0.717) is 0 Å². The molecule has 0 spiro atoms. The summed E-state index contributed by atoms with van der Waals surface area (Å²) in [5.41, 5.74) is -0.494. The molecule has 0 aliphatic rings. The van der Waals surface area contributed by atoms with Crippen LogP contribution in [-0.2, 0) is 0 Å². The van der Waals surface area contributed by atoms with E-state index in [1.807, 2.05) is 4.98 Å². The van der Waals surface area contributed by atoms with Crippen molar-refractivity contribution in [2.24, 2.45) is 0 Å². The third kappa shape index (κ3) is 3.34. The fraction of sp³-hybridized carbons (Fsp3) is 0.0833. The first kappa shape index (κ1) is 13.1. The largest absolute Gasteiger partial charge is 0.573 e. The number of H-pyrrole nitrogens is 1. The van der Waals surface area contributed by atoms with Crippen molar-refractivity contribution in [2.75, 3.05) is 0 Å². The minimum Gasteiger partial charge on any atom is -0.406 e. The number of aromatic amines is 1. The van der Waals surface area contributed by atoms with E-state index in [1.165, 1.54) is 18.2 Å². The Morgan fingerprint density at radius 2 is 1.84 bits per heavy atom. The average Bonchev–Trinajstić information content (AvgIpc) is 2.26. The quantitative estimate of drug-likeness (QED) is 0.675. The van der Waals surface area contributed by atoms with Gasteiger partial charge in [0.05, 0.1) is 0 Å². The lowest BCUT2D eigenvalue weighted by molar-refractivity contribution is -0.274. The summed E-state index contributed by atoms with van der Waals surface area (Å²) in [6.45, 7) is 0. The summed E-state index contributed by atoms with van der Waals surface area (Å²) in [6.07, 6.45) is -4.82. The molecule has 100 valence electrons. The van der Waals surface area contributed by atoms with Gasteiger partial charge in [0.15, 0.2) is 0 Å². The van der Waals surface area contributed by atoms with Crippen molar-refractivity contribution in [1.29, 1.82) is 0 Å². The Balaban J connectivity index is 2.40. The molecule has 1 aromatic carbocycles. The molecule has 0 amide bonds. The topological polar surface area (TPSA) is 42.1 Å². The number of rotatable bonds is 2. The van der Waals surface area contributed by atoms with Crippen LogP contribution in [-0.4, -0.2) is 11.3 Å². The lowest BCUT2D eigenvalue weighted by atomic mass is 10.1. The number of alkyl halides is 3. The van der Waals surface area contributed by atoms with Gasteiger partial charge in [0.1, 0.15) is 5.75 Å². The average molecular weight is 273 g/mol. The van der Waals surface area contributed by atoms with Crippen molar-refractivity contribution < 1.29 is 22.3 Å². The van der Waals surface area contributed by atoms with E-state index in [1.54, 1.807) is 0 Å². The number of nitrogens with one attached hydrogen (secondary N) is 1. The van der Waals surface area contributed by atoms with Gasteiger partial charge < -0.3 is 4.74 Å². The Kier molecular flexibility index (Phi) is 3.28. The van der Waals surface area contributed by atoms with Gasteiger partial charge in [-0.3, -0.25) is 9.78 Å². The SMILES string of the molecule is O=c1ccc(-c2cccc(OC(F)(F)F)c2)c(F)[nH]1. The lowest BCUT2D eigenvalue weighted by Crippen LogP contribution is -2.17. The van der Waals surface area contributed by atoms with Crippen LogP contribution in [0.5, 0.6) is 5.75 Å². The second-order valence-corrected chi connectivity index (χ2v) is 3.63. The zero-order valence-electron chi connectivity index (χ0n) is 9.29. The number of hydrogen-bond donors (Lipinski definition) is 1. The normalized spacial score (nSPS) is 11.4. The standard InChI is InChI=1S/C12H7F4NO2/c13-11-9(4-5-10(18)17-11)7-2-1-3-8(6-7)19-12(14,15)16/h1-6H,(H,17,18). The Morgan fingerprint density at radius 1 is 1.11 bits per heavy atom. The Morgan fingerprint density at radius 3 is 2.47 bits per heavy atom. The van der Waals surface area contributed by atoms with Gasteiger partial charge in [-0.05, 0) is 23.8 Å². The molecular weight excluding hydrogens is 266 g/mol. The molecule has 1 heterocycles. The number of benzene rings is 1. The summed E-state index contributed by atoms with van der Waals surface area (Å²) in [5.74, 6) is -1.38. The van der Waals surface area contributed by atoms with Crippen molar-refractivity contribution >= 4 is 0 Å². The predicted molar refractivity (Wildman–Crippen MR) is 59.1 cm³/mol. The Bertz CT molecular complexity index is 649. The summed E-state index contributed by atoms with van der Waals surface area (Å²) in [5, 5.41) is 0. The minimum absolute atomic E-state index is 0.0211. The van der Waals surface area contributed by atoms with Gasteiger partial charge in [0.2, 0.25) is 11.5 Å². The van der Waals surface area contributed by atoms with E-state index in [0.717, 1.165) is 18.2 Å². The van der Waals surface area contributed by atoms with Crippen molar-refractivity contribution in [3.63, 3.8) is 0 Å². The van der Waals surface area contributed by atoms with E-state index in [-0.39, 0.29) is 11.1 Å². The molecule has 0 unspecified atom stereocenters. The van der Waals surface area contributed by atoms with Crippen LogP contribution in [0, 0.1) is 5.95 Å². The molecule has 0 fully saturated rings. The molecule has 1 N–H and O–H groups in total. The van der Waals surface area contributed by atoms with Gasteiger partial charge in [-0.1, -0.05) is 12.1 Å². The molecule has 7 heteroatoms. The first-order valence-corrected chi connectivity index (χ1v) is 5.10. The van der Waals surface area contributed by atoms with Crippen LogP contribution in [0.15, 0.2) is 41.2 Å². The summed E-state index contributed by atoms with van der Waals surface area (Å²) in [6, 6.07) is 7.09. The highest BCUT2D eigenvalue weighted by Gasteiger charge is 2.31. The summed E-state index contributed by atoms with van der Waals surface area (Å²) >= 11 is 0. The van der Waals surface area contributed by atoms with Crippen LogP contribution in [0.25, 0.3) is 11.1 Å². The number of hydrogen-bond acceptors (Lipinski definition) is 2. The van der Waals surface area contributed by atoms with Crippen molar-refractivity contribution in [2.45, 2.75) is 6.36 Å². The maximum atomic E-state index is 13.5. The number of pyridine rings is 1. The smallest absolute Gasteiger partial charge is 0.406 e. The van der Waals surface area contributed by atoms with Gasteiger partial charge in [-0.15, -0.1) is 13.2 Å². The molecule has 0 radical (unpaired) electrons. The van der Waals surface area contributed by atoms with Gasteiger partial charge in [-0.2, -0.15) is 4.39 Å². The zero-order valence-corrected chi connectivity index (χ0v) is 9.29. The van der Waals surface area contributed by atoms with Crippen LogP contribution >= 0.6 is 0 Å². The van der Waals surface area contributed by atoms with Gasteiger partial charge in [-0.25, -0.2) is 0 Å². The van der Waals surface area contributed by atoms with Gasteiger partial charge in [0, 0.05) is 11.6 Å². The predicted octanol–water partition coefficient (Wildman–Crippen LogP) is 3.08. The summed E-state index contributed by atoms with van der Waals surface area (Å²) in [4.78, 5) is 12.8. The third-order valence-corrected chi connectivity index (χ3v) is 2.25. The molecule has 0 aliphatic heterocycles. The van der Waals surface area contributed by atoms with E-state index in [2.05, 4.69) is 4.74 Å². The zero-order chi connectivity index (χ0) is 14.0. The molecule has 0 bridgehead atoms. The minimum atomic E-state index is -4.82. The summed E-state index contributed by atoms with van der Waals surface area (Å²) in [7, 11) is 0. The molecule has 0 saturated carbocycles. The van der Waals surface area contributed by atoms with Crippen LogP contribution in [0.1, 0.15) is 0 Å². The van der Waals surface area contributed by atoms with Crippen LogP contribution in [0.4, 0.5) is 17.6 Å². The molecule has 1 aromatic heterocycles. The molecule has 2 aromatic rings. The maximum Gasteiger partial charge on any atom is 0.573 e. The molecule has 0 aliphatic carbocycles. The molecule has 3 nitrogen and oxygen atoms in total. The first-order valence-electron chi connectivity index (χ1n) is 5.10. The molecule has 0 saturated heterocycles. The lowest BCUT2D eigenvalue weighted by Gasteiger charge is -2.10. The highest BCUT2D eigenvalue weighted by Crippen LogP contribution is 2.28. The van der Waals surface area contributed by atoms with Gasteiger partial charge >= 0.3 is 6.36 Å². The van der Waals surface area contributed by atoms with Crippen LogP contribution in [0.2, 0.25) is 0 Å². The fourth-order valence-corrected chi connectivity index (χ4v) is 1.53. The van der Waals surface area contributed by atoms with Gasteiger partial charge in [0.25, 0.3) is 0 Å². The first-order chi connectivity index (χ1) is 8.85. The summed E-state index contributed by atoms with van der Waals surface area (Å²) < 4.78 is 53.4. The van der Waals surface area contributed by atoms with E-state index in [9.17, 15) is 22.4 Å². The highest BCUT2D eigenvalue weighted by atomic mass is 19.4. The van der Waals surface area contributed by atoms with Crippen molar-refractivity contribution in [3.8, 4) is 16.9 Å². The molecular formula is C12H7F4NO2. The fourth-order valence-electron chi connectivity index (χ4n) is 1.53. The monoisotopic (exact) mass is 273 g/mol. The molecule has 2 rings (SSSR count). The number of halogens is 4. The molecule has 19 heavy (non-hydrogen) atoms. The van der Waals surface area contributed by atoms with Crippen molar-refractivity contribution in [3.05, 3.63) is 52.7 Å². The number of ether oxygens (including phenoxy) is 1. The maximum absolute atomic E-state index is 13.5. The molecule has 0 atom stereocenters. The van der Waals surface area contributed by atoms with Crippen molar-refractivity contribution in [1.82, 2.24) is 4.98 Å². The Hall–Kier alpha value is -2.31. The second kappa shape index (κ2) is 4.75. The van der Waals surface area contributed by atoms with E-state index >= 15 is 0 Å². The third-order valence-electron chi connectivity index (χ3n) is 2.25. The number of aromatic nitrogens is 1. The van der Waals surface area contributed by atoms with E-state index in [4.69, 9.17) is 0 Å². The Labute approximate surface area is 104 Å². The highest BCUT2D eigenvalue weighted by molar-refractivity contribution is 5.64. The van der Waals surface area contributed by atoms with E-state index < -0.39 is 23.6 Å². The van der Waals surface area contributed by atoms with Crippen LogP contribution < -0.4 is 10.3 Å². The van der Waals surface area contributed by atoms with Crippen LogP contribution in [0.3, 0.4) is 0 Å². The second-order valence-electron chi connectivity index (χ2n) is 3.63.